The molecule has 1 heterocycles. The molecule has 3 N–H and O–H groups in total. The van der Waals surface area contributed by atoms with E-state index in [0.29, 0.717) is 5.69 Å². The fourth-order valence-electron chi connectivity index (χ4n) is 2.34. The van der Waals surface area contributed by atoms with Crippen molar-refractivity contribution < 1.29 is 14.7 Å². The summed E-state index contributed by atoms with van der Waals surface area (Å²) in [6.07, 6.45) is 0. The van der Waals surface area contributed by atoms with Crippen LogP contribution in [0.2, 0.25) is 0 Å². The minimum atomic E-state index is -1.30. The molecule has 0 aliphatic carbocycles. The number of aryl methyl sites for hydroxylation is 1. The molecule has 1 aromatic heterocycles. The number of hydrogen-bond acceptors (Lipinski definition) is 3. The van der Waals surface area contributed by atoms with E-state index in [0.717, 1.165) is 15.4 Å². The molecule has 0 saturated carbocycles. The number of carboxylic acids is 1. The fourth-order valence-corrected chi connectivity index (χ4v) is 2.70. The zero-order valence-corrected chi connectivity index (χ0v) is 12.6. The molecule has 6 nitrogen and oxygen atoms in total. The van der Waals surface area contributed by atoms with Crippen LogP contribution >= 0.6 is 15.9 Å². The smallest absolute Gasteiger partial charge is 0.316 e. The highest BCUT2D eigenvalue weighted by molar-refractivity contribution is 9.10. The Hall–Kier alpha value is -1.89. The van der Waals surface area contributed by atoms with Gasteiger partial charge in [0.2, 0.25) is 5.91 Å². The van der Waals surface area contributed by atoms with Gasteiger partial charge in [-0.25, -0.2) is 0 Å². The number of rotatable bonds is 4. The van der Waals surface area contributed by atoms with Gasteiger partial charge in [-0.05, 0) is 18.2 Å². The zero-order valence-electron chi connectivity index (χ0n) is 11.0. The molecule has 2 aromatic rings. The van der Waals surface area contributed by atoms with Crippen molar-refractivity contribution >= 4 is 38.7 Å². The number of benzene rings is 1. The Labute approximate surface area is 123 Å². The molecule has 2 atom stereocenters. The molecular weight excluding hydrogens is 326 g/mol. The highest BCUT2D eigenvalue weighted by Crippen LogP contribution is 2.31. The van der Waals surface area contributed by atoms with Gasteiger partial charge in [0.1, 0.15) is 5.92 Å². The summed E-state index contributed by atoms with van der Waals surface area (Å²) in [4.78, 5) is 22.6. The first-order chi connectivity index (χ1) is 9.32. The Morgan fingerprint density at radius 1 is 1.45 bits per heavy atom. The van der Waals surface area contributed by atoms with Crippen molar-refractivity contribution in [3.05, 3.63) is 28.4 Å². The summed E-state index contributed by atoms with van der Waals surface area (Å²) in [6, 6.07) is 5.61. The molecule has 0 aliphatic rings. The van der Waals surface area contributed by atoms with E-state index in [1.165, 1.54) is 0 Å². The Kier molecular flexibility index (Phi) is 3.80. The standard InChI is InChI=1S/C13H14BrN3O3/c1-6(10(12(15)18)13(19)20)11-8-5-7(14)3-4-9(8)17(2)16-11/h3-6,10H,1-2H3,(H2,15,18)(H,19,20). The summed E-state index contributed by atoms with van der Waals surface area (Å²) in [5.41, 5.74) is 6.61. The second-order valence-corrected chi connectivity index (χ2v) is 5.59. The van der Waals surface area contributed by atoms with E-state index in [-0.39, 0.29) is 0 Å². The van der Waals surface area contributed by atoms with E-state index in [1.807, 2.05) is 18.2 Å². The highest BCUT2D eigenvalue weighted by atomic mass is 79.9. The molecule has 0 fully saturated rings. The van der Waals surface area contributed by atoms with Gasteiger partial charge in [0.05, 0.1) is 11.2 Å². The SMILES string of the molecule is CC(c1nn(C)c2ccc(Br)cc12)C(C(N)=O)C(=O)O. The minimum Gasteiger partial charge on any atom is -0.481 e. The normalized spacial score (nSPS) is 14.2. The van der Waals surface area contributed by atoms with Gasteiger partial charge in [-0.1, -0.05) is 22.9 Å². The van der Waals surface area contributed by atoms with Crippen LogP contribution in [0.5, 0.6) is 0 Å². The van der Waals surface area contributed by atoms with Gasteiger partial charge >= 0.3 is 5.97 Å². The number of aliphatic carboxylic acids is 1. The van der Waals surface area contributed by atoms with Gasteiger partial charge < -0.3 is 10.8 Å². The Morgan fingerprint density at radius 2 is 2.10 bits per heavy atom. The maximum atomic E-state index is 11.4. The molecule has 2 rings (SSSR count). The minimum absolute atomic E-state index is 0.551. The van der Waals surface area contributed by atoms with Crippen LogP contribution in [0.4, 0.5) is 0 Å². The number of amides is 1. The van der Waals surface area contributed by atoms with E-state index < -0.39 is 23.7 Å². The molecule has 1 amide bonds. The molecule has 2 unspecified atom stereocenters. The number of primary amides is 1. The number of hydrogen-bond donors (Lipinski definition) is 2. The number of carboxylic acid groups (broad SMARTS) is 1. The van der Waals surface area contributed by atoms with E-state index in [2.05, 4.69) is 21.0 Å². The van der Waals surface area contributed by atoms with Crippen LogP contribution in [0.3, 0.4) is 0 Å². The van der Waals surface area contributed by atoms with Crippen LogP contribution in [0.25, 0.3) is 10.9 Å². The number of halogens is 1. The summed E-state index contributed by atoms with van der Waals surface area (Å²) in [5.74, 6) is -4.01. The lowest BCUT2D eigenvalue weighted by Crippen LogP contribution is -2.34. The van der Waals surface area contributed by atoms with Crippen LogP contribution in [-0.2, 0) is 16.6 Å². The largest absolute Gasteiger partial charge is 0.481 e. The Morgan fingerprint density at radius 3 is 2.65 bits per heavy atom. The predicted molar refractivity (Wildman–Crippen MR) is 77.1 cm³/mol. The fraction of sp³-hybridized carbons (Fsp3) is 0.308. The zero-order chi connectivity index (χ0) is 15.0. The van der Waals surface area contributed by atoms with Crippen LogP contribution in [-0.4, -0.2) is 26.8 Å². The van der Waals surface area contributed by atoms with Crippen molar-refractivity contribution in [3.63, 3.8) is 0 Å². The van der Waals surface area contributed by atoms with Crippen molar-refractivity contribution in [2.24, 2.45) is 18.7 Å². The molecule has 0 aliphatic heterocycles. The molecule has 0 radical (unpaired) electrons. The van der Waals surface area contributed by atoms with Gasteiger partial charge in [-0.3, -0.25) is 14.3 Å². The first kappa shape index (κ1) is 14.5. The number of aromatic nitrogens is 2. The predicted octanol–water partition coefficient (Wildman–Crippen LogP) is 1.63. The highest BCUT2D eigenvalue weighted by Gasteiger charge is 2.33. The van der Waals surface area contributed by atoms with Gasteiger partial charge in [0.15, 0.2) is 0 Å². The number of nitrogens with two attached hydrogens (primary N) is 1. The molecule has 20 heavy (non-hydrogen) atoms. The first-order valence-electron chi connectivity index (χ1n) is 5.97. The van der Waals surface area contributed by atoms with Crippen molar-refractivity contribution in [2.75, 3.05) is 0 Å². The molecule has 0 spiro atoms. The molecule has 7 heteroatoms. The van der Waals surface area contributed by atoms with Crippen molar-refractivity contribution in [2.45, 2.75) is 12.8 Å². The maximum absolute atomic E-state index is 11.4. The van der Waals surface area contributed by atoms with Crippen LogP contribution < -0.4 is 5.73 Å². The number of carbonyl (C=O) groups excluding carboxylic acids is 1. The van der Waals surface area contributed by atoms with Gasteiger partial charge in [-0.2, -0.15) is 5.10 Å². The summed E-state index contributed by atoms with van der Waals surface area (Å²) < 4.78 is 2.52. The lowest BCUT2D eigenvalue weighted by Gasteiger charge is -2.15. The summed E-state index contributed by atoms with van der Waals surface area (Å²) in [7, 11) is 1.77. The van der Waals surface area contributed by atoms with Crippen molar-refractivity contribution in [1.29, 1.82) is 0 Å². The summed E-state index contributed by atoms with van der Waals surface area (Å²) in [5, 5.41) is 14.3. The second-order valence-electron chi connectivity index (χ2n) is 4.68. The third kappa shape index (κ3) is 2.40. The average molecular weight is 340 g/mol. The number of fused-ring (bicyclic) bond motifs is 1. The van der Waals surface area contributed by atoms with E-state index in [9.17, 15) is 9.59 Å². The van der Waals surface area contributed by atoms with Crippen LogP contribution in [0.1, 0.15) is 18.5 Å². The van der Waals surface area contributed by atoms with Gasteiger partial charge in [0, 0.05) is 22.8 Å². The Balaban J connectivity index is 2.59. The maximum Gasteiger partial charge on any atom is 0.316 e. The third-order valence-corrected chi connectivity index (χ3v) is 3.84. The monoisotopic (exact) mass is 339 g/mol. The molecule has 0 saturated heterocycles. The number of carbonyl (C=O) groups is 2. The third-order valence-electron chi connectivity index (χ3n) is 3.34. The van der Waals surface area contributed by atoms with Gasteiger partial charge in [0.25, 0.3) is 0 Å². The molecular formula is C13H14BrN3O3. The van der Waals surface area contributed by atoms with E-state index in [1.54, 1.807) is 18.7 Å². The number of nitrogens with zero attached hydrogens (tertiary/aromatic N) is 2. The van der Waals surface area contributed by atoms with Crippen LogP contribution in [0.15, 0.2) is 22.7 Å². The lowest BCUT2D eigenvalue weighted by atomic mass is 9.89. The molecule has 0 bridgehead atoms. The summed E-state index contributed by atoms with van der Waals surface area (Å²) in [6.45, 7) is 1.65. The van der Waals surface area contributed by atoms with Crippen LogP contribution in [0, 0.1) is 5.92 Å². The first-order valence-corrected chi connectivity index (χ1v) is 6.76. The topological polar surface area (TPSA) is 98.2 Å². The second kappa shape index (κ2) is 5.24. The van der Waals surface area contributed by atoms with Crippen molar-refractivity contribution in [1.82, 2.24) is 9.78 Å². The van der Waals surface area contributed by atoms with E-state index >= 15 is 0 Å². The van der Waals surface area contributed by atoms with Gasteiger partial charge in [-0.15, -0.1) is 0 Å². The lowest BCUT2D eigenvalue weighted by molar-refractivity contribution is -0.146. The quantitative estimate of drug-likeness (QED) is 0.827. The summed E-state index contributed by atoms with van der Waals surface area (Å²) >= 11 is 3.37. The molecule has 1 aromatic carbocycles. The van der Waals surface area contributed by atoms with E-state index in [4.69, 9.17) is 10.8 Å². The Bertz CT molecular complexity index is 681. The molecule has 106 valence electrons. The average Bonchev–Trinajstić information content (AvgIpc) is 2.65. The van der Waals surface area contributed by atoms with Crippen molar-refractivity contribution in [3.8, 4) is 0 Å².